The van der Waals surface area contributed by atoms with Gasteiger partial charge in [-0.25, -0.2) is 0 Å². The first-order valence-corrected chi connectivity index (χ1v) is 12.6. The minimum atomic E-state index is -0.116. The third kappa shape index (κ3) is 3.89. The molecule has 2 aliphatic heterocycles. The van der Waals surface area contributed by atoms with Crippen molar-refractivity contribution in [2.75, 3.05) is 25.6 Å². The standard InChI is InChI=1S/C27H29ClN4O4/c1-26(2)11-15(36-26)13-35-19-12-29-10-7-16(19)21-22(31-18-6-4-5-17(28)23(18)34-3)20-24(32-21)27(8-9-27)14-30-25(20)33/h4-7,10,12,15,31-32H,8-9,11,13-14H2,1-3H3,(H,30,33)/t15-/m0/s1. The van der Waals surface area contributed by atoms with Crippen molar-refractivity contribution >= 4 is 28.9 Å². The molecular formula is C27H29ClN4O4. The highest BCUT2D eigenvalue weighted by molar-refractivity contribution is 6.32. The summed E-state index contributed by atoms with van der Waals surface area (Å²) in [5.74, 6) is 1.01. The van der Waals surface area contributed by atoms with Gasteiger partial charge < -0.3 is 29.8 Å². The summed E-state index contributed by atoms with van der Waals surface area (Å²) in [5.41, 5.74) is 4.30. The van der Waals surface area contributed by atoms with Gasteiger partial charge in [-0.05, 0) is 44.9 Å². The second kappa shape index (κ2) is 8.42. The van der Waals surface area contributed by atoms with Crippen LogP contribution in [0.15, 0.2) is 36.7 Å². The molecule has 3 N–H and O–H groups in total. The van der Waals surface area contributed by atoms with Crippen LogP contribution in [0.4, 0.5) is 11.4 Å². The highest BCUT2D eigenvalue weighted by Crippen LogP contribution is 2.54. The fraction of sp³-hybridized carbons (Fsp3) is 0.407. The molecular weight excluding hydrogens is 480 g/mol. The van der Waals surface area contributed by atoms with Crippen LogP contribution in [0.2, 0.25) is 5.02 Å². The van der Waals surface area contributed by atoms with Gasteiger partial charge >= 0.3 is 0 Å². The van der Waals surface area contributed by atoms with Crippen molar-refractivity contribution in [3.05, 3.63) is 52.9 Å². The van der Waals surface area contributed by atoms with Crippen molar-refractivity contribution in [3.63, 3.8) is 0 Å². The number of rotatable bonds is 7. The summed E-state index contributed by atoms with van der Waals surface area (Å²) >= 11 is 6.40. The number of para-hydroxylation sites is 1. The Balaban J connectivity index is 1.44. The van der Waals surface area contributed by atoms with E-state index in [1.54, 1.807) is 25.6 Å². The van der Waals surface area contributed by atoms with Gasteiger partial charge in [0.1, 0.15) is 12.4 Å². The fourth-order valence-electron chi connectivity index (χ4n) is 5.37. The summed E-state index contributed by atoms with van der Waals surface area (Å²) in [4.78, 5) is 21.1. The van der Waals surface area contributed by atoms with E-state index in [1.165, 1.54) is 0 Å². The number of H-pyrrole nitrogens is 1. The molecule has 0 bridgehead atoms. The number of hydrogen-bond donors (Lipinski definition) is 3. The van der Waals surface area contributed by atoms with Crippen LogP contribution in [0.1, 0.15) is 49.2 Å². The molecule has 1 spiro atoms. The van der Waals surface area contributed by atoms with E-state index in [0.717, 1.165) is 36.2 Å². The normalized spacial score (nSPS) is 20.8. The SMILES string of the molecule is COc1c(Cl)cccc1Nc1c(-c2ccncc2OC[C@@H]2CC(C)(C)O2)[nH]c2c1C(=O)NCC21CC1. The predicted molar refractivity (Wildman–Crippen MR) is 138 cm³/mol. The smallest absolute Gasteiger partial charge is 0.255 e. The van der Waals surface area contributed by atoms with E-state index in [2.05, 4.69) is 34.4 Å². The summed E-state index contributed by atoms with van der Waals surface area (Å²) in [6.45, 7) is 5.21. The average molecular weight is 509 g/mol. The molecule has 6 rings (SSSR count). The lowest BCUT2D eigenvalue weighted by molar-refractivity contribution is -0.194. The average Bonchev–Trinajstić information content (AvgIpc) is 3.52. The summed E-state index contributed by atoms with van der Waals surface area (Å²) in [7, 11) is 1.57. The van der Waals surface area contributed by atoms with Crippen LogP contribution in [0.25, 0.3) is 11.3 Å². The van der Waals surface area contributed by atoms with Gasteiger partial charge in [0.15, 0.2) is 5.75 Å². The molecule has 9 heteroatoms. The van der Waals surface area contributed by atoms with Gasteiger partial charge in [0.05, 0.1) is 52.7 Å². The van der Waals surface area contributed by atoms with Crippen molar-refractivity contribution in [3.8, 4) is 22.8 Å². The topological polar surface area (TPSA) is 97.5 Å². The Morgan fingerprint density at radius 3 is 2.81 bits per heavy atom. The number of carbonyl (C=O) groups excluding carboxylic acids is 1. The number of fused-ring (bicyclic) bond motifs is 2. The lowest BCUT2D eigenvalue weighted by Crippen LogP contribution is -2.48. The molecule has 2 fully saturated rings. The Morgan fingerprint density at radius 2 is 2.08 bits per heavy atom. The number of methoxy groups -OCH3 is 1. The molecule has 36 heavy (non-hydrogen) atoms. The van der Waals surface area contributed by atoms with E-state index < -0.39 is 0 Å². The monoisotopic (exact) mass is 508 g/mol. The molecule has 1 saturated carbocycles. The van der Waals surface area contributed by atoms with Crippen LogP contribution in [0, 0.1) is 0 Å². The van der Waals surface area contributed by atoms with Gasteiger partial charge in [0, 0.05) is 35.8 Å². The van der Waals surface area contributed by atoms with Crippen LogP contribution in [-0.2, 0) is 10.2 Å². The quantitative estimate of drug-likeness (QED) is 0.405. The molecule has 8 nitrogen and oxygen atoms in total. The van der Waals surface area contributed by atoms with E-state index in [4.69, 9.17) is 25.8 Å². The zero-order valence-corrected chi connectivity index (χ0v) is 21.3. The number of hydrogen-bond acceptors (Lipinski definition) is 6. The van der Waals surface area contributed by atoms with Crippen molar-refractivity contribution in [2.45, 2.75) is 50.2 Å². The third-order valence-corrected chi connectivity index (χ3v) is 7.61. The second-order valence-corrected chi connectivity index (χ2v) is 10.8. The molecule has 0 unspecified atom stereocenters. The Labute approximate surface area is 214 Å². The Bertz CT molecular complexity index is 1340. The number of halogens is 1. The number of aromatic amines is 1. The van der Waals surface area contributed by atoms with Crippen LogP contribution >= 0.6 is 11.6 Å². The zero-order chi connectivity index (χ0) is 25.1. The Morgan fingerprint density at radius 1 is 1.28 bits per heavy atom. The van der Waals surface area contributed by atoms with Crippen molar-refractivity contribution < 1.29 is 19.0 Å². The van der Waals surface area contributed by atoms with Crippen molar-refractivity contribution in [2.24, 2.45) is 0 Å². The van der Waals surface area contributed by atoms with Gasteiger partial charge in [-0.1, -0.05) is 17.7 Å². The van der Waals surface area contributed by atoms with Crippen molar-refractivity contribution in [1.82, 2.24) is 15.3 Å². The first-order chi connectivity index (χ1) is 17.3. The first kappa shape index (κ1) is 23.2. The molecule has 2 aromatic heterocycles. The van der Waals surface area contributed by atoms with Crippen LogP contribution in [0.5, 0.6) is 11.5 Å². The third-order valence-electron chi connectivity index (χ3n) is 7.31. The highest BCUT2D eigenvalue weighted by atomic mass is 35.5. The molecule has 4 heterocycles. The summed E-state index contributed by atoms with van der Waals surface area (Å²) in [6, 6.07) is 7.39. The first-order valence-electron chi connectivity index (χ1n) is 12.2. The van der Waals surface area contributed by atoms with Gasteiger partial charge in [-0.3, -0.25) is 9.78 Å². The molecule has 3 aromatic rings. The van der Waals surface area contributed by atoms with Crippen molar-refractivity contribution in [1.29, 1.82) is 0 Å². The van der Waals surface area contributed by atoms with Gasteiger partial charge in [0.25, 0.3) is 5.91 Å². The van der Waals surface area contributed by atoms with E-state index >= 15 is 0 Å². The maximum Gasteiger partial charge on any atom is 0.255 e. The molecule has 1 amide bonds. The Kier molecular flexibility index (Phi) is 5.42. The Hall–Kier alpha value is -3.23. The fourth-order valence-corrected chi connectivity index (χ4v) is 5.62. The van der Waals surface area contributed by atoms with Crippen LogP contribution in [-0.4, -0.2) is 47.8 Å². The molecule has 188 valence electrons. The number of nitrogens with zero attached hydrogens (tertiary/aromatic N) is 1. The number of benzene rings is 1. The van der Waals surface area contributed by atoms with Gasteiger partial charge in [0.2, 0.25) is 0 Å². The van der Waals surface area contributed by atoms with E-state index in [-0.39, 0.29) is 23.0 Å². The number of amides is 1. The minimum Gasteiger partial charge on any atom is -0.493 e. The largest absolute Gasteiger partial charge is 0.493 e. The molecule has 1 aromatic carbocycles. The number of nitrogens with one attached hydrogen (secondary N) is 3. The number of anilines is 2. The number of aromatic nitrogens is 2. The maximum absolute atomic E-state index is 13.2. The molecule has 3 aliphatic rings. The predicted octanol–water partition coefficient (Wildman–Crippen LogP) is 5.20. The summed E-state index contributed by atoms with van der Waals surface area (Å²) in [6.07, 6.45) is 6.45. The summed E-state index contributed by atoms with van der Waals surface area (Å²) in [5, 5.41) is 7.02. The van der Waals surface area contributed by atoms with E-state index in [1.807, 2.05) is 18.2 Å². The van der Waals surface area contributed by atoms with E-state index in [0.29, 0.717) is 46.6 Å². The highest BCUT2D eigenvalue weighted by Gasteiger charge is 2.51. The molecule has 1 atom stereocenters. The lowest BCUT2D eigenvalue weighted by Gasteiger charge is -2.42. The molecule has 0 radical (unpaired) electrons. The summed E-state index contributed by atoms with van der Waals surface area (Å²) < 4.78 is 17.7. The molecule has 1 aliphatic carbocycles. The minimum absolute atomic E-state index is 0.0405. The zero-order valence-electron chi connectivity index (χ0n) is 20.5. The lowest BCUT2D eigenvalue weighted by atomic mass is 9.93. The van der Waals surface area contributed by atoms with Gasteiger partial charge in [-0.2, -0.15) is 0 Å². The van der Waals surface area contributed by atoms with Gasteiger partial charge in [-0.15, -0.1) is 0 Å². The number of carbonyl (C=O) groups is 1. The van der Waals surface area contributed by atoms with Crippen LogP contribution in [0.3, 0.4) is 0 Å². The second-order valence-electron chi connectivity index (χ2n) is 10.4. The number of ether oxygens (including phenoxy) is 3. The van der Waals surface area contributed by atoms with Crippen LogP contribution < -0.4 is 20.1 Å². The van der Waals surface area contributed by atoms with E-state index in [9.17, 15) is 4.79 Å². The molecule has 1 saturated heterocycles. The maximum atomic E-state index is 13.2. The number of pyridine rings is 1.